The van der Waals surface area contributed by atoms with Crippen LogP contribution in [-0.4, -0.2) is 38.8 Å². The maximum atomic E-state index is 12.0. The average Bonchev–Trinajstić information content (AvgIpc) is 3.27. The summed E-state index contributed by atoms with van der Waals surface area (Å²) in [5.41, 5.74) is 1.15. The molecule has 24 heavy (non-hydrogen) atoms. The van der Waals surface area contributed by atoms with E-state index in [4.69, 9.17) is 0 Å². The molecule has 1 fully saturated rings. The Bertz CT molecular complexity index is 742. The smallest absolute Gasteiger partial charge is 0.251 e. The summed E-state index contributed by atoms with van der Waals surface area (Å²) in [6, 6.07) is 7.25. The first-order valence-corrected chi connectivity index (χ1v) is 8.87. The van der Waals surface area contributed by atoms with Crippen molar-refractivity contribution in [2.45, 2.75) is 37.4 Å². The second-order valence-corrected chi connectivity index (χ2v) is 6.53. The zero-order chi connectivity index (χ0) is 16.9. The lowest BCUT2D eigenvalue weighted by atomic mass is 10.2. The normalized spacial score (nSPS) is 13.5. The lowest BCUT2D eigenvalue weighted by Crippen LogP contribution is -2.25. The summed E-state index contributed by atoms with van der Waals surface area (Å²) in [6.45, 7) is 1.98. The largest absolute Gasteiger partial charge is 0.349 e. The number of carbonyl (C=O) groups is 2. The topological polar surface area (TPSA) is 99.8 Å². The number of anilines is 1. The van der Waals surface area contributed by atoms with E-state index in [9.17, 15) is 9.59 Å². The Labute approximate surface area is 144 Å². The number of aryl methyl sites for hydroxylation is 1. The standard InChI is InChI=1S/C16H19N5O2S/c1-2-13-19-16(21-20-13)24-9-14(22)17-12-5-3-4-10(8-12)15(23)18-11-6-7-11/h3-5,8,11H,2,6-7,9H2,1H3,(H,17,22)(H,18,23)(H,19,20,21). The fourth-order valence-electron chi connectivity index (χ4n) is 2.06. The van der Waals surface area contributed by atoms with Gasteiger partial charge < -0.3 is 10.6 Å². The van der Waals surface area contributed by atoms with Gasteiger partial charge in [0.1, 0.15) is 5.82 Å². The minimum atomic E-state index is -0.164. The van der Waals surface area contributed by atoms with Crippen LogP contribution >= 0.6 is 11.8 Å². The number of hydrogen-bond acceptors (Lipinski definition) is 5. The first-order valence-electron chi connectivity index (χ1n) is 7.89. The quantitative estimate of drug-likeness (QED) is 0.667. The van der Waals surface area contributed by atoms with Gasteiger partial charge in [-0.2, -0.15) is 0 Å². The highest BCUT2D eigenvalue weighted by Gasteiger charge is 2.23. The molecule has 0 unspecified atom stereocenters. The fourth-order valence-corrected chi connectivity index (χ4v) is 2.68. The van der Waals surface area contributed by atoms with Crippen LogP contribution < -0.4 is 10.6 Å². The Morgan fingerprint density at radius 2 is 2.21 bits per heavy atom. The molecule has 0 saturated heterocycles. The third-order valence-corrected chi connectivity index (χ3v) is 4.35. The van der Waals surface area contributed by atoms with Gasteiger partial charge in [0.25, 0.3) is 5.91 Å². The van der Waals surface area contributed by atoms with Gasteiger partial charge in [-0.15, -0.1) is 5.10 Å². The van der Waals surface area contributed by atoms with Crippen molar-refractivity contribution < 1.29 is 9.59 Å². The molecule has 1 aromatic carbocycles. The van der Waals surface area contributed by atoms with Crippen LogP contribution in [0.1, 0.15) is 35.9 Å². The number of nitrogens with zero attached hydrogens (tertiary/aromatic N) is 2. The number of thioether (sulfide) groups is 1. The van der Waals surface area contributed by atoms with Gasteiger partial charge in [0.05, 0.1) is 5.75 Å². The summed E-state index contributed by atoms with van der Waals surface area (Å²) in [7, 11) is 0. The third-order valence-electron chi connectivity index (χ3n) is 3.50. The summed E-state index contributed by atoms with van der Waals surface area (Å²) in [5.74, 6) is 0.741. The first kappa shape index (κ1) is 16.5. The van der Waals surface area contributed by atoms with Gasteiger partial charge in [-0.25, -0.2) is 4.98 Å². The molecule has 1 aliphatic carbocycles. The van der Waals surface area contributed by atoms with Crippen molar-refractivity contribution in [3.05, 3.63) is 35.7 Å². The van der Waals surface area contributed by atoms with E-state index in [1.54, 1.807) is 24.3 Å². The molecule has 1 aromatic heterocycles. The predicted octanol–water partition coefficient (Wildman–Crippen LogP) is 1.99. The van der Waals surface area contributed by atoms with E-state index < -0.39 is 0 Å². The maximum absolute atomic E-state index is 12.0. The monoisotopic (exact) mass is 345 g/mol. The maximum Gasteiger partial charge on any atom is 0.251 e. The number of nitrogens with one attached hydrogen (secondary N) is 3. The summed E-state index contributed by atoms with van der Waals surface area (Å²) in [4.78, 5) is 28.3. The predicted molar refractivity (Wildman–Crippen MR) is 92.0 cm³/mol. The lowest BCUT2D eigenvalue weighted by Gasteiger charge is -2.07. The van der Waals surface area contributed by atoms with Gasteiger partial charge in [-0.05, 0) is 31.0 Å². The number of rotatable bonds is 7. The molecule has 2 amide bonds. The molecular weight excluding hydrogens is 326 g/mol. The molecule has 3 N–H and O–H groups in total. The first-order chi connectivity index (χ1) is 11.6. The van der Waals surface area contributed by atoms with Crippen LogP contribution in [0.2, 0.25) is 0 Å². The van der Waals surface area contributed by atoms with Crippen molar-refractivity contribution in [3.8, 4) is 0 Å². The van der Waals surface area contributed by atoms with Crippen molar-refractivity contribution in [3.63, 3.8) is 0 Å². The molecule has 0 bridgehead atoms. The molecule has 0 atom stereocenters. The number of carbonyl (C=O) groups excluding carboxylic acids is 2. The van der Waals surface area contributed by atoms with Crippen LogP contribution in [0.3, 0.4) is 0 Å². The second kappa shape index (κ2) is 7.48. The Kier molecular flexibility index (Phi) is 5.14. The zero-order valence-corrected chi connectivity index (χ0v) is 14.2. The molecule has 126 valence electrons. The van der Waals surface area contributed by atoms with Gasteiger partial charge in [-0.1, -0.05) is 24.8 Å². The molecule has 3 rings (SSSR count). The molecule has 8 heteroatoms. The molecule has 0 spiro atoms. The van der Waals surface area contributed by atoms with Crippen molar-refractivity contribution >= 4 is 29.3 Å². The summed E-state index contributed by atoms with van der Waals surface area (Å²) in [5, 5.41) is 13.1. The average molecular weight is 345 g/mol. The van der Waals surface area contributed by atoms with Crippen molar-refractivity contribution in [1.82, 2.24) is 20.5 Å². The van der Waals surface area contributed by atoms with E-state index in [0.29, 0.717) is 22.4 Å². The van der Waals surface area contributed by atoms with Gasteiger partial charge in [0, 0.05) is 23.7 Å². The third kappa shape index (κ3) is 4.58. The number of amides is 2. The number of benzene rings is 1. The highest BCUT2D eigenvalue weighted by molar-refractivity contribution is 7.99. The number of H-pyrrole nitrogens is 1. The fraction of sp³-hybridized carbons (Fsp3) is 0.375. The van der Waals surface area contributed by atoms with Crippen LogP contribution in [0.5, 0.6) is 0 Å². The molecule has 0 radical (unpaired) electrons. The van der Waals surface area contributed by atoms with Crippen molar-refractivity contribution in [2.75, 3.05) is 11.1 Å². The van der Waals surface area contributed by atoms with Crippen LogP contribution in [-0.2, 0) is 11.2 Å². The molecule has 1 aliphatic rings. The van der Waals surface area contributed by atoms with Crippen LogP contribution in [0.15, 0.2) is 29.4 Å². The zero-order valence-electron chi connectivity index (χ0n) is 13.3. The second-order valence-electron chi connectivity index (χ2n) is 5.58. The van der Waals surface area contributed by atoms with Gasteiger partial charge in [0.15, 0.2) is 0 Å². The van der Waals surface area contributed by atoms with Gasteiger partial charge in [-0.3, -0.25) is 14.7 Å². The van der Waals surface area contributed by atoms with E-state index >= 15 is 0 Å². The molecule has 0 aliphatic heterocycles. The van der Waals surface area contributed by atoms with E-state index in [-0.39, 0.29) is 17.6 Å². The van der Waals surface area contributed by atoms with Crippen LogP contribution in [0, 0.1) is 0 Å². The summed E-state index contributed by atoms with van der Waals surface area (Å²) in [6.07, 6.45) is 2.86. The van der Waals surface area contributed by atoms with E-state index in [2.05, 4.69) is 25.8 Å². The Hall–Kier alpha value is -2.35. The van der Waals surface area contributed by atoms with Crippen LogP contribution in [0.25, 0.3) is 0 Å². The molecule has 1 saturated carbocycles. The Morgan fingerprint density at radius 3 is 2.92 bits per heavy atom. The van der Waals surface area contributed by atoms with E-state index in [0.717, 1.165) is 25.1 Å². The van der Waals surface area contributed by atoms with E-state index in [1.165, 1.54) is 11.8 Å². The lowest BCUT2D eigenvalue weighted by molar-refractivity contribution is -0.113. The summed E-state index contributed by atoms with van der Waals surface area (Å²) < 4.78 is 0. The van der Waals surface area contributed by atoms with Crippen molar-refractivity contribution in [1.29, 1.82) is 0 Å². The minimum absolute atomic E-state index is 0.101. The number of aromatic amines is 1. The summed E-state index contributed by atoms with van der Waals surface area (Å²) >= 11 is 1.27. The Morgan fingerprint density at radius 1 is 1.38 bits per heavy atom. The Balaban J connectivity index is 1.52. The minimum Gasteiger partial charge on any atom is -0.349 e. The molecule has 7 nitrogen and oxygen atoms in total. The molecule has 2 aromatic rings. The number of hydrogen-bond donors (Lipinski definition) is 3. The SMILES string of the molecule is CCc1nc(SCC(=O)Nc2cccc(C(=O)NC3CC3)c2)n[nH]1. The number of aromatic nitrogens is 3. The van der Waals surface area contributed by atoms with Crippen LogP contribution in [0.4, 0.5) is 5.69 Å². The van der Waals surface area contributed by atoms with Gasteiger partial charge in [0.2, 0.25) is 11.1 Å². The highest BCUT2D eigenvalue weighted by Crippen LogP contribution is 2.20. The highest BCUT2D eigenvalue weighted by atomic mass is 32.2. The molecule has 1 heterocycles. The molecular formula is C16H19N5O2S. The van der Waals surface area contributed by atoms with Gasteiger partial charge >= 0.3 is 0 Å². The van der Waals surface area contributed by atoms with Crippen molar-refractivity contribution in [2.24, 2.45) is 0 Å². The van der Waals surface area contributed by atoms with E-state index in [1.807, 2.05) is 6.92 Å².